The Balaban J connectivity index is 1.71. The first kappa shape index (κ1) is 17.6. The number of hydrogen-bond acceptors (Lipinski definition) is 5. The third-order valence-electron chi connectivity index (χ3n) is 3.74. The van der Waals surface area contributed by atoms with Gasteiger partial charge in [-0.1, -0.05) is 26.0 Å². The number of aliphatic hydroxyl groups excluding tert-OH is 1. The standard InChI is InChI=1S/C19H18FN3O3/c1-11(2)18-21-19(23-22-18)16(25)10-15(24)17-8-7-14(26-17)9-12-3-5-13(20)6-4-12/h3-8,10-11,25H,9H2,1-2H3,(H,21,22,23)/b16-10+. The van der Waals surface area contributed by atoms with Crippen LogP contribution < -0.4 is 0 Å². The summed E-state index contributed by atoms with van der Waals surface area (Å²) in [6, 6.07) is 9.25. The number of aliphatic hydroxyl groups is 1. The van der Waals surface area contributed by atoms with Crippen LogP contribution in [0.25, 0.3) is 5.76 Å². The zero-order valence-electron chi connectivity index (χ0n) is 14.4. The third-order valence-corrected chi connectivity index (χ3v) is 3.74. The maximum atomic E-state index is 12.9. The summed E-state index contributed by atoms with van der Waals surface area (Å²) < 4.78 is 18.4. The molecule has 7 heteroatoms. The Hall–Kier alpha value is -3.22. The molecule has 0 aliphatic rings. The number of carbonyl (C=O) groups is 1. The van der Waals surface area contributed by atoms with Gasteiger partial charge in [-0.05, 0) is 29.8 Å². The maximum Gasteiger partial charge on any atom is 0.224 e. The molecular weight excluding hydrogens is 337 g/mol. The van der Waals surface area contributed by atoms with Crippen molar-refractivity contribution in [2.75, 3.05) is 0 Å². The molecule has 0 fully saturated rings. The molecule has 0 aliphatic heterocycles. The Morgan fingerprint density at radius 2 is 2.00 bits per heavy atom. The van der Waals surface area contributed by atoms with Gasteiger partial charge in [-0.2, -0.15) is 5.10 Å². The molecule has 0 radical (unpaired) electrons. The number of furan rings is 1. The fourth-order valence-corrected chi connectivity index (χ4v) is 2.32. The van der Waals surface area contributed by atoms with Gasteiger partial charge in [0.05, 0.1) is 0 Å². The minimum Gasteiger partial charge on any atom is -0.504 e. The molecule has 0 unspecified atom stereocenters. The van der Waals surface area contributed by atoms with Gasteiger partial charge in [-0.3, -0.25) is 9.89 Å². The van der Waals surface area contributed by atoms with E-state index in [0.717, 1.165) is 11.6 Å². The first-order valence-corrected chi connectivity index (χ1v) is 8.13. The van der Waals surface area contributed by atoms with Gasteiger partial charge < -0.3 is 9.52 Å². The molecule has 0 saturated carbocycles. The van der Waals surface area contributed by atoms with Crippen molar-refractivity contribution >= 4 is 11.5 Å². The van der Waals surface area contributed by atoms with Crippen molar-refractivity contribution in [3.63, 3.8) is 0 Å². The minimum atomic E-state index is -0.497. The van der Waals surface area contributed by atoms with E-state index in [4.69, 9.17) is 4.42 Å². The number of rotatable bonds is 6. The summed E-state index contributed by atoms with van der Waals surface area (Å²) in [5.41, 5.74) is 0.861. The van der Waals surface area contributed by atoms with Crippen molar-refractivity contribution in [1.29, 1.82) is 0 Å². The second-order valence-corrected chi connectivity index (χ2v) is 6.16. The number of allylic oxidation sites excluding steroid dienone is 1. The van der Waals surface area contributed by atoms with Gasteiger partial charge in [-0.25, -0.2) is 9.37 Å². The normalized spacial score (nSPS) is 11.9. The van der Waals surface area contributed by atoms with E-state index in [9.17, 15) is 14.3 Å². The number of aromatic amines is 1. The number of benzene rings is 1. The molecule has 3 rings (SSSR count). The minimum absolute atomic E-state index is 0.0557. The van der Waals surface area contributed by atoms with E-state index in [-0.39, 0.29) is 29.1 Å². The third kappa shape index (κ3) is 4.05. The van der Waals surface area contributed by atoms with Crippen LogP contribution in [0.15, 0.2) is 46.9 Å². The van der Waals surface area contributed by atoms with E-state index in [0.29, 0.717) is 18.0 Å². The molecule has 2 aromatic heterocycles. The molecule has 0 aliphatic carbocycles. The molecule has 0 amide bonds. The molecule has 3 aromatic rings. The Kier molecular flexibility index (Phi) is 4.97. The number of halogens is 1. The molecular formula is C19H18FN3O3. The topological polar surface area (TPSA) is 92.0 Å². The number of H-pyrrole nitrogens is 1. The molecule has 2 N–H and O–H groups in total. The molecule has 6 nitrogen and oxygen atoms in total. The average molecular weight is 355 g/mol. The lowest BCUT2D eigenvalue weighted by molar-refractivity contribution is 0.101. The molecule has 2 heterocycles. The number of nitrogens with zero attached hydrogens (tertiary/aromatic N) is 2. The Labute approximate surface area is 149 Å². The van der Waals surface area contributed by atoms with Crippen molar-refractivity contribution in [1.82, 2.24) is 15.2 Å². The van der Waals surface area contributed by atoms with Crippen molar-refractivity contribution in [3.05, 3.63) is 77.0 Å². The second kappa shape index (κ2) is 7.35. The molecule has 0 bridgehead atoms. The maximum absolute atomic E-state index is 12.9. The van der Waals surface area contributed by atoms with E-state index < -0.39 is 5.78 Å². The zero-order chi connectivity index (χ0) is 18.7. The highest BCUT2D eigenvalue weighted by atomic mass is 19.1. The Bertz CT molecular complexity index is 939. The van der Waals surface area contributed by atoms with E-state index in [1.165, 1.54) is 18.2 Å². The Morgan fingerprint density at radius 3 is 2.65 bits per heavy atom. The summed E-state index contributed by atoms with van der Waals surface area (Å²) in [7, 11) is 0. The lowest BCUT2D eigenvalue weighted by Crippen LogP contribution is -1.96. The van der Waals surface area contributed by atoms with Crippen LogP contribution in [0, 0.1) is 5.82 Å². The van der Waals surface area contributed by atoms with E-state index >= 15 is 0 Å². The van der Waals surface area contributed by atoms with Crippen molar-refractivity contribution in [3.8, 4) is 0 Å². The highest BCUT2D eigenvalue weighted by molar-refractivity contribution is 6.05. The summed E-state index contributed by atoms with van der Waals surface area (Å²) in [4.78, 5) is 16.4. The van der Waals surface area contributed by atoms with Crippen molar-refractivity contribution < 1.29 is 18.7 Å². The van der Waals surface area contributed by atoms with Gasteiger partial charge in [-0.15, -0.1) is 0 Å². The highest BCUT2D eigenvalue weighted by Crippen LogP contribution is 2.17. The fourth-order valence-electron chi connectivity index (χ4n) is 2.32. The van der Waals surface area contributed by atoms with Crippen LogP contribution in [0.4, 0.5) is 4.39 Å². The van der Waals surface area contributed by atoms with Crippen LogP contribution in [0.3, 0.4) is 0 Å². The first-order chi connectivity index (χ1) is 12.4. The lowest BCUT2D eigenvalue weighted by Gasteiger charge is -1.98. The van der Waals surface area contributed by atoms with Crippen LogP contribution in [0.1, 0.15) is 53.3 Å². The quantitative estimate of drug-likeness (QED) is 0.396. The van der Waals surface area contributed by atoms with Gasteiger partial charge in [0, 0.05) is 18.4 Å². The van der Waals surface area contributed by atoms with Crippen LogP contribution in [-0.4, -0.2) is 26.1 Å². The highest BCUT2D eigenvalue weighted by Gasteiger charge is 2.15. The number of aromatic nitrogens is 3. The van der Waals surface area contributed by atoms with Gasteiger partial charge in [0.15, 0.2) is 11.5 Å². The summed E-state index contributed by atoms with van der Waals surface area (Å²) in [5, 5.41) is 16.6. The number of carbonyl (C=O) groups excluding carboxylic acids is 1. The molecule has 0 saturated heterocycles. The fraction of sp³-hybridized carbons (Fsp3) is 0.211. The monoisotopic (exact) mass is 355 g/mol. The SMILES string of the molecule is CC(C)c1nc(/C(O)=C\C(=O)c2ccc(Cc3ccc(F)cc3)o2)n[nH]1. The van der Waals surface area contributed by atoms with Gasteiger partial charge in [0.25, 0.3) is 0 Å². The van der Waals surface area contributed by atoms with E-state index in [1.54, 1.807) is 18.2 Å². The summed E-state index contributed by atoms with van der Waals surface area (Å²) in [6.07, 6.45) is 1.45. The Morgan fingerprint density at radius 1 is 1.27 bits per heavy atom. The van der Waals surface area contributed by atoms with Crippen LogP contribution >= 0.6 is 0 Å². The summed E-state index contributed by atoms with van der Waals surface area (Å²) in [6.45, 7) is 3.86. The predicted octanol–water partition coefficient (Wildman–Crippen LogP) is 4.03. The molecule has 0 spiro atoms. The average Bonchev–Trinajstić information content (AvgIpc) is 3.26. The molecule has 1 aromatic carbocycles. The molecule has 0 atom stereocenters. The van der Waals surface area contributed by atoms with Gasteiger partial charge in [0.2, 0.25) is 11.6 Å². The summed E-state index contributed by atoms with van der Waals surface area (Å²) >= 11 is 0. The smallest absolute Gasteiger partial charge is 0.224 e. The number of ketones is 1. The van der Waals surface area contributed by atoms with Gasteiger partial charge in [0.1, 0.15) is 17.4 Å². The predicted molar refractivity (Wildman–Crippen MR) is 93.3 cm³/mol. The van der Waals surface area contributed by atoms with Crippen LogP contribution in [-0.2, 0) is 6.42 Å². The first-order valence-electron chi connectivity index (χ1n) is 8.13. The van der Waals surface area contributed by atoms with Gasteiger partial charge >= 0.3 is 0 Å². The van der Waals surface area contributed by atoms with Crippen molar-refractivity contribution in [2.45, 2.75) is 26.2 Å². The van der Waals surface area contributed by atoms with Crippen LogP contribution in [0.2, 0.25) is 0 Å². The van der Waals surface area contributed by atoms with E-state index in [2.05, 4.69) is 15.2 Å². The van der Waals surface area contributed by atoms with Crippen LogP contribution in [0.5, 0.6) is 0 Å². The molecule has 26 heavy (non-hydrogen) atoms. The molecule has 134 valence electrons. The second-order valence-electron chi connectivity index (χ2n) is 6.16. The number of hydrogen-bond donors (Lipinski definition) is 2. The lowest BCUT2D eigenvalue weighted by atomic mass is 10.1. The zero-order valence-corrected chi connectivity index (χ0v) is 14.4. The summed E-state index contributed by atoms with van der Waals surface area (Å²) in [5.74, 6) is 0.308. The van der Waals surface area contributed by atoms with Crippen molar-refractivity contribution in [2.24, 2.45) is 0 Å². The largest absolute Gasteiger partial charge is 0.504 e. The number of nitrogens with one attached hydrogen (secondary N) is 1. The van der Waals surface area contributed by atoms with E-state index in [1.807, 2.05) is 13.8 Å².